The summed E-state index contributed by atoms with van der Waals surface area (Å²) in [5.74, 6) is 0. The fourth-order valence-electron chi connectivity index (χ4n) is 1.79. The molecule has 0 aliphatic rings. The van der Waals surface area contributed by atoms with E-state index in [9.17, 15) is 9.13 Å². The molecular weight excluding hydrogens is 346 g/mol. The Balaban J connectivity index is 3.27. The first-order chi connectivity index (χ1) is 11.0. The van der Waals surface area contributed by atoms with E-state index in [0.29, 0.717) is 0 Å². The Morgan fingerprint density at radius 3 is 1.52 bits per heavy atom. The molecule has 0 aliphatic carbocycles. The number of aromatic nitrogens is 3. The second kappa shape index (κ2) is 9.52. The monoisotopic (exact) mass is 370 g/mol. The zero-order chi connectivity index (χ0) is 17.3. The number of hydrogen-bond acceptors (Lipinski definition) is 9. The molecule has 0 spiro atoms. The van der Waals surface area contributed by atoms with Crippen molar-refractivity contribution in [1.82, 2.24) is 14.9 Å². The number of hydrogen-bond donors (Lipinski definition) is 1. The summed E-state index contributed by atoms with van der Waals surface area (Å²) in [6.07, 6.45) is 2.63. The summed E-state index contributed by atoms with van der Waals surface area (Å²) in [6.45, 7) is 7.07. The predicted octanol–water partition coefficient (Wildman–Crippen LogP) is 2.64. The Labute approximate surface area is 135 Å². The topological polar surface area (TPSA) is 114 Å². The van der Waals surface area contributed by atoms with Crippen LogP contribution in [0.5, 0.6) is 0 Å². The van der Waals surface area contributed by atoms with Gasteiger partial charge in [0.15, 0.2) is 0 Å². The highest BCUT2D eigenvalue weighted by Crippen LogP contribution is 2.69. The SMILES string of the molecule is CCOP(=O)(OCC)C(Nn1cnnc1)P(=O)(OCC)OCC. The van der Waals surface area contributed by atoms with Gasteiger partial charge in [0.1, 0.15) is 12.7 Å². The van der Waals surface area contributed by atoms with Crippen molar-refractivity contribution in [3.05, 3.63) is 12.7 Å². The van der Waals surface area contributed by atoms with Gasteiger partial charge in [0, 0.05) is 0 Å². The lowest BCUT2D eigenvalue weighted by Gasteiger charge is -2.32. The van der Waals surface area contributed by atoms with Gasteiger partial charge >= 0.3 is 15.2 Å². The minimum absolute atomic E-state index is 0.107. The van der Waals surface area contributed by atoms with Crippen molar-refractivity contribution >= 4 is 15.2 Å². The average Bonchev–Trinajstić information content (AvgIpc) is 2.98. The number of rotatable bonds is 12. The van der Waals surface area contributed by atoms with Crippen LogP contribution in [0, 0.1) is 0 Å². The van der Waals surface area contributed by atoms with Crippen molar-refractivity contribution < 1.29 is 27.2 Å². The summed E-state index contributed by atoms with van der Waals surface area (Å²) in [5.41, 5.74) is 1.39. The van der Waals surface area contributed by atoms with E-state index in [1.807, 2.05) is 0 Å². The normalized spacial score (nSPS) is 12.7. The van der Waals surface area contributed by atoms with Crippen LogP contribution in [-0.4, -0.2) is 46.8 Å². The first kappa shape index (κ1) is 20.3. The van der Waals surface area contributed by atoms with Gasteiger partial charge in [0.25, 0.3) is 0 Å². The van der Waals surface area contributed by atoms with Crippen LogP contribution in [0.15, 0.2) is 12.7 Å². The predicted molar refractivity (Wildman–Crippen MR) is 84.9 cm³/mol. The lowest BCUT2D eigenvalue weighted by atomic mass is 10.9. The van der Waals surface area contributed by atoms with Crippen molar-refractivity contribution in [1.29, 1.82) is 0 Å². The van der Waals surface area contributed by atoms with Gasteiger partial charge < -0.3 is 18.1 Å². The molecule has 0 atom stereocenters. The van der Waals surface area contributed by atoms with E-state index >= 15 is 0 Å². The molecule has 0 saturated carbocycles. The minimum Gasteiger partial charge on any atom is -0.307 e. The molecule has 1 rings (SSSR count). The van der Waals surface area contributed by atoms with E-state index in [-0.39, 0.29) is 26.4 Å². The average molecular weight is 370 g/mol. The first-order valence-corrected chi connectivity index (χ1v) is 10.6. The Morgan fingerprint density at radius 2 is 1.22 bits per heavy atom. The molecule has 12 heteroatoms. The fraction of sp³-hybridized carbons (Fsp3) is 0.818. The fourth-order valence-corrected chi connectivity index (χ4v) is 6.68. The summed E-state index contributed by atoms with van der Waals surface area (Å²) in [5, 5.41) is 7.26. The molecule has 1 aromatic rings. The van der Waals surface area contributed by atoms with Crippen LogP contribution >= 0.6 is 15.2 Å². The molecule has 0 aliphatic heterocycles. The first-order valence-electron chi connectivity index (χ1n) is 7.34. The molecule has 0 radical (unpaired) electrons. The van der Waals surface area contributed by atoms with Gasteiger partial charge in [-0.1, -0.05) is 0 Å². The molecule has 0 bridgehead atoms. The molecule has 0 saturated heterocycles. The van der Waals surface area contributed by atoms with Gasteiger partial charge in [-0.15, -0.1) is 10.2 Å². The second-order valence-electron chi connectivity index (χ2n) is 4.12. The smallest absolute Gasteiger partial charge is 0.307 e. The zero-order valence-corrected chi connectivity index (χ0v) is 15.5. The van der Waals surface area contributed by atoms with Crippen LogP contribution in [0.4, 0.5) is 0 Å². The third kappa shape index (κ3) is 5.38. The highest BCUT2D eigenvalue weighted by atomic mass is 31.2. The molecule has 1 N–H and O–H groups in total. The summed E-state index contributed by atoms with van der Waals surface area (Å²) in [7, 11) is -7.70. The van der Waals surface area contributed by atoms with Gasteiger partial charge in [-0.3, -0.25) is 14.6 Å². The van der Waals surface area contributed by atoms with Crippen molar-refractivity contribution in [3.8, 4) is 0 Å². The Morgan fingerprint density at radius 1 is 0.870 bits per heavy atom. The molecule has 0 fully saturated rings. The lowest BCUT2D eigenvalue weighted by Crippen LogP contribution is -2.30. The molecule has 0 unspecified atom stereocenters. The van der Waals surface area contributed by atoms with Crippen LogP contribution in [-0.2, 0) is 27.2 Å². The second-order valence-corrected chi connectivity index (χ2v) is 8.75. The van der Waals surface area contributed by atoms with E-state index in [4.69, 9.17) is 18.1 Å². The maximum atomic E-state index is 13.1. The molecule has 0 amide bonds. The highest BCUT2D eigenvalue weighted by molar-refractivity contribution is 7.72. The van der Waals surface area contributed by atoms with E-state index in [1.54, 1.807) is 27.7 Å². The van der Waals surface area contributed by atoms with Crippen LogP contribution < -0.4 is 5.43 Å². The molecule has 23 heavy (non-hydrogen) atoms. The lowest BCUT2D eigenvalue weighted by molar-refractivity contribution is 0.196. The molecular formula is C11H24N4O6P2. The van der Waals surface area contributed by atoms with Crippen LogP contribution in [0.25, 0.3) is 0 Å². The summed E-state index contributed by atoms with van der Waals surface area (Å²) in [4.78, 5) is 0. The molecule has 134 valence electrons. The third-order valence-corrected chi connectivity index (χ3v) is 8.12. The van der Waals surface area contributed by atoms with Crippen molar-refractivity contribution in [3.63, 3.8) is 0 Å². The molecule has 1 heterocycles. The van der Waals surface area contributed by atoms with E-state index in [1.165, 1.54) is 17.3 Å². The molecule has 10 nitrogen and oxygen atoms in total. The van der Waals surface area contributed by atoms with Gasteiger partial charge in [-0.2, -0.15) is 0 Å². The summed E-state index contributed by atoms with van der Waals surface area (Å²) >= 11 is 0. The molecule has 1 aromatic heterocycles. The van der Waals surface area contributed by atoms with Crippen molar-refractivity contribution in [2.45, 2.75) is 33.2 Å². The quantitative estimate of drug-likeness (QED) is 0.555. The van der Waals surface area contributed by atoms with E-state index in [2.05, 4.69) is 15.6 Å². The summed E-state index contributed by atoms with van der Waals surface area (Å²) < 4.78 is 48.8. The standard InChI is InChI=1S/C11H24N4O6P2/c1-5-18-22(16,19-6-2)11(14-15-9-12-13-10-15)23(17,20-7-3)21-8-4/h9-11,14H,5-8H2,1-4H3. The van der Waals surface area contributed by atoms with Gasteiger partial charge in [-0.25, -0.2) is 4.68 Å². The molecule has 0 aromatic carbocycles. The number of nitrogens with zero attached hydrogens (tertiary/aromatic N) is 3. The van der Waals surface area contributed by atoms with E-state index < -0.39 is 20.7 Å². The van der Waals surface area contributed by atoms with Gasteiger partial charge in [0.05, 0.1) is 26.4 Å². The minimum atomic E-state index is -3.85. The Bertz CT molecular complexity index is 491. The summed E-state index contributed by atoms with van der Waals surface area (Å²) in [6, 6.07) is 0. The maximum Gasteiger partial charge on any atom is 0.366 e. The van der Waals surface area contributed by atoms with Gasteiger partial charge in [-0.05, 0) is 27.7 Å². The van der Waals surface area contributed by atoms with Crippen LogP contribution in [0.2, 0.25) is 0 Å². The maximum absolute atomic E-state index is 13.1. The largest absolute Gasteiger partial charge is 0.366 e. The van der Waals surface area contributed by atoms with E-state index in [0.717, 1.165) is 0 Å². The Kier molecular flexibility index (Phi) is 8.39. The number of nitrogens with one attached hydrogen (secondary N) is 1. The third-order valence-electron chi connectivity index (χ3n) is 2.52. The van der Waals surface area contributed by atoms with Gasteiger partial charge in [0.2, 0.25) is 5.52 Å². The van der Waals surface area contributed by atoms with Crippen molar-refractivity contribution in [2.24, 2.45) is 0 Å². The van der Waals surface area contributed by atoms with Crippen LogP contribution in [0.3, 0.4) is 0 Å². The highest BCUT2D eigenvalue weighted by Gasteiger charge is 2.51. The van der Waals surface area contributed by atoms with Crippen LogP contribution in [0.1, 0.15) is 27.7 Å². The Hall–Kier alpha value is -0.760. The zero-order valence-electron chi connectivity index (χ0n) is 13.7. The van der Waals surface area contributed by atoms with Crippen molar-refractivity contribution in [2.75, 3.05) is 31.9 Å².